The molecule has 2 rings (SSSR count). The Kier molecular flexibility index (Phi) is 4.16. The van der Waals surface area contributed by atoms with E-state index in [1.165, 1.54) is 5.56 Å². The molecular weight excluding hydrogens is 260 g/mol. The zero-order chi connectivity index (χ0) is 13.8. The van der Waals surface area contributed by atoms with E-state index >= 15 is 0 Å². The van der Waals surface area contributed by atoms with E-state index < -0.39 is 5.97 Å². The first-order chi connectivity index (χ1) is 9.08. The van der Waals surface area contributed by atoms with E-state index in [4.69, 9.17) is 0 Å². The van der Waals surface area contributed by atoms with Crippen LogP contribution in [-0.2, 0) is 6.42 Å². The molecule has 0 spiro atoms. The van der Waals surface area contributed by atoms with E-state index in [1.54, 1.807) is 24.3 Å². The van der Waals surface area contributed by atoms with E-state index in [0.717, 1.165) is 12.1 Å². The fourth-order valence-corrected chi connectivity index (χ4v) is 2.72. The SMILES string of the molecule is Cc1cc(NCCc2ccsc2)c(C(=O)O)c(C)n1. The Bertz CT molecular complexity index is 579. The lowest BCUT2D eigenvalue weighted by molar-refractivity contribution is 0.0696. The number of pyridine rings is 1. The minimum Gasteiger partial charge on any atom is -0.478 e. The van der Waals surface area contributed by atoms with Crippen molar-refractivity contribution in [3.8, 4) is 0 Å². The second-order valence-corrected chi connectivity index (χ2v) is 5.17. The lowest BCUT2D eigenvalue weighted by Gasteiger charge is -2.12. The summed E-state index contributed by atoms with van der Waals surface area (Å²) < 4.78 is 0. The molecule has 0 bridgehead atoms. The number of anilines is 1. The van der Waals surface area contributed by atoms with Gasteiger partial charge in [0.15, 0.2) is 0 Å². The predicted molar refractivity (Wildman–Crippen MR) is 77.2 cm³/mol. The number of thiophene rings is 1. The normalized spacial score (nSPS) is 10.4. The second-order valence-electron chi connectivity index (χ2n) is 4.39. The summed E-state index contributed by atoms with van der Waals surface area (Å²) in [7, 11) is 0. The number of hydrogen-bond donors (Lipinski definition) is 2. The average molecular weight is 276 g/mol. The minimum atomic E-state index is -0.942. The summed E-state index contributed by atoms with van der Waals surface area (Å²) in [6.07, 6.45) is 0.878. The number of nitrogens with zero attached hydrogens (tertiary/aromatic N) is 1. The molecule has 0 saturated heterocycles. The van der Waals surface area contributed by atoms with Crippen LogP contribution in [0.1, 0.15) is 27.3 Å². The molecule has 0 radical (unpaired) electrons. The van der Waals surface area contributed by atoms with Gasteiger partial charge in [0, 0.05) is 12.2 Å². The van der Waals surface area contributed by atoms with Crippen molar-refractivity contribution in [1.29, 1.82) is 0 Å². The number of aromatic nitrogens is 1. The molecule has 2 N–H and O–H groups in total. The Balaban J connectivity index is 2.12. The van der Waals surface area contributed by atoms with Gasteiger partial charge < -0.3 is 10.4 Å². The van der Waals surface area contributed by atoms with Crippen LogP contribution in [0.25, 0.3) is 0 Å². The molecule has 0 aromatic carbocycles. The molecule has 4 nitrogen and oxygen atoms in total. The molecule has 19 heavy (non-hydrogen) atoms. The fourth-order valence-electron chi connectivity index (χ4n) is 2.01. The molecule has 0 saturated carbocycles. The number of hydrogen-bond acceptors (Lipinski definition) is 4. The Labute approximate surface area is 116 Å². The second kappa shape index (κ2) is 5.84. The summed E-state index contributed by atoms with van der Waals surface area (Å²) >= 11 is 1.67. The van der Waals surface area contributed by atoms with Crippen LogP contribution in [0.15, 0.2) is 22.9 Å². The molecule has 0 amide bonds. The Morgan fingerprint density at radius 2 is 2.26 bits per heavy atom. The highest BCUT2D eigenvalue weighted by Crippen LogP contribution is 2.20. The summed E-state index contributed by atoms with van der Waals surface area (Å²) in [5.74, 6) is -0.942. The van der Waals surface area contributed by atoms with Crippen LogP contribution < -0.4 is 5.32 Å². The van der Waals surface area contributed by atoms with Crippen molar-refractivity contribution < 1.29 is 9.90 Å². The molecule has 0 atom stereocenters. The van der Waals surface area contributed by atoms with Gasteiger partial charge in [-0.15, -0.1) is 0 Å². The third-order valence-corrected chi connectivity index (χ3v) is 3.58. The number of carbonyl (C=O) groups is 1. The third kappa shape index (κ3) is 3.32. The van der Waals surface area contributed by atoms with Gasteiger partial charge in [0.1, 0.15) is 5.56 Å². The maximum atomic E-state index is 11.3. The number of nitrogens with one attached hydrogen (secondary N) is 1. The summed E-state index contributed by atoms with van der Waals surface area (Å²) in [5, 5.41) is 16.6. The van der Waals surface area contributed by atoms with Crippen LogP contribution in [0.5, 0.6) is 0 Å². The summed E-state index contributed by atoms with van der Waals surface area (Å²) in [4.78, 5) is 15.5. The van der Waals surface area contributed by atoms with Crippen LogP contribution in [0.3, 0.4) is 0 Å². The Hall–Kier alpha value is -1.88. The summed E-state index contributed by atoms with van der Waals surface area (Å²) in [6, 6.07) is 3.86. The lowest BCUT2D eigenvalue weighted by atomic mass is 10.1. The van der Waals surface area contributed by atoms with E-state index in [9.17, 15) is 9.90 Å². The largest absolute Gasteiger partial charge is 0.478 e. The molecule has 2 heterocycles. The Morgan fingerprint density at radius 1 is 1.47 bits per heavy atom. The highest BCUT2D eigenvalue weighted by Gasteiger charge is 2.14. The first kappa shape index (κ1) is 13.5. The molecule has 0 aliphatic rings. The van der Waals surface area contributed by atoms with Crippen molar-refractivity contribution in [2.75, 3.05) is 11.9 Å². The van der Waals surface area contributed by atoms with E-state index in [2.05, 4.69) is 21.7 Å². The van der Waals surface area contributed by atoms with E-state index in [-0.39, 0.29) is 5.56 Å². The van der Waals surface area contributed by atoms with Gasteiger partial charge in [-0.1, -0.05) is 0 Å². The van der Waals surface area contributed by atoms with Crippen LogP contribution in [0, 0.1) is 13.8 Å². The molecule has 0 aliphatic carbocycles. The van der Waals surface area contributed by atoms with Crippen LogP contribution in [0.4, 0.5) is 5.69 Å². The monoisotopic (exact) mass is 276 g/mol. The molecule has 2 aromatic heterocycles. The fraction of sp³-hybridized carbons (Fsp3) is 0.286. The van der Waals surface area contributed by atoms with Crippen LogP contribution >= 0.6 is 11.3 Å². The highest BCUT2D eigenvalue weighted by atomic mass is 32.1. The summed E-state index contributed by atoms with van der Waals surface area (Å²) in [6.45, 7) is 4.29. The first-order valence-corrected chi connectivity index (χ1v) is 6.98. The smallest absolute Gasteiger partial charge is 0.339 e. The van der Waals surface area contributed by atoms with Crippen LogP contribution in [-0.4, -0.2) is 22.6 Å². The number of rotatable bonds is 5. The first-order valence-electron chi connectivity index (χ1n) is 6.04. The van der Waals surface area contributed by atoms with Gasteiger partial charge in [-0.2, -0.15) is 11.3 Å². The van der Waals surface area contributed by atoms with Crippen molar-refractivity contribution in [2.24, 2.45) is 0 Å². The maximum absolute atomic E-state index is 11.3. The number of carboxylic acids is 1. The molecule has 100 valence electrons. The van der Waals surface area contributed by atoms with Crippen molar-refractivity contribution in [3.63, 3.8) is 0 Å². The van der Waals surface area contributed by atoms with Crippen molar-refractivity contribution in [1.82, 2.24) is 4.98 Å². The van der Waals surface area contributed by atoms with Gasteiger partial charge in [0.25, 0.3) is 0 Å². The van der Waals surface area contributed by atoms with Gasteiger partial charge in [-0.3, -0.25) is 4.98 Å². The van der Waals surface area contributed by atoms with Gasteiger partial charge >= 0.3 is 5.97 Å². The van der Waals surface area contributed by atoms with Gasteiger partial charge in [-0.25, -0.2) is 4.79 Å². The van der Waals surface area contributed by atoms with Gasteiger partial charge in [0.2, 0.25) is 0 Å². The zero-order valence-corrected chi connectivity index (χ0v) is 11.8. The van der Waals surface area contributed by atoms with E-state index in [0.29, 0.717) is 17.9 Å². The van der Waals surface area contributed by atoms with Crippen molar-refractivity contribution in [2.45, 2.75) is 20.3 Å². The number of carboxylic acid groups (broad SMARTS) is 1. The Morgan fingerprint density at radius 3 is 2.89 bits per heavy atom. The number of aryl methyl sites for hydroxylation is 2. The molecular formula is C14H16N2O2S. The molecule has 0 fully saturated rings. The van der Waals surface area contributed by atoms with Crippen molar-refractivity contribution in [3.05, 3.63) is 45.4 Å². The molecule has 0 aliphatic heterocycles. The lowest BCUT2D eigenvalue weighted by Crippen LogP contribution is -2.12. The molecule has 0 unspecified atom stereocenters. The summed E-state index contributed by atoms with van der Waals surface area (Å²) in [5.41, 5.74) is 3.53. The highest BCUT2D eigenvalue weighted by molar-refractivity contribution is 7.07. The van der Waals surface area contributed by atoms with E-state index in [1.807, 2.05) is 12.3 Å². The third-order valence-electron chi connectivity index (χ3n) is 2.85. The maximum Gasteiger partial charge on any atom is 0.339 e. The minimum absolute atomic E-state index is 0.260. The molecule has 2 aromatic rings. The van der Waals surface area contributed by atoms with Crippen LogP contribution in [0.2, 0.25) is 0 Å². The van der Waals surface area contributed by atoms with Crippen molar-refractivity contribution >= 4 is 23.0 Å². The predicted octanol–water partition coefficient (Wildman–Crippen LogP) is 3.11. The number of aromatic carboxylic acids is 1. The zero-order valence-electron chi connectivity index (χ0n) is 10.9. The standard InChI is InChI=1S/C14H16N2O2S/c1-9-7-12(13(14(17)18)10(2)16-9)15-5-3-11-4-6-19-8-11/h4,6-8H,3,5H2,1-2H3,(H,15,16)(H,17,18). The average Bonchev–Trinajstić information content (AvgIpc) is 2.80. The quantitative estimate of drug-likeness (QED) is 0.880. The molecule has 5 heteroatoms. The van der Waals surface area contributed by atoms with Gasteiger partial charge in [0.05, 0.1) is 11.4 Å². The van der Waals surface area contributed by atoms with Gasteiger partial charge in [-0.05, 0) is 48.7 Å². The topological polar surface area (TPSA) is 62.2 Å².